The number of nitrogens with zero attached hydrogens (tertiary/aromatic N) is 2. The number of carboxylic acid groups (broad SMARTS) is 1. The summed E-state index contributed by atoms with van der Waals surface area (Å²) in [5.41, 5.74) is 1.74. The van der Waals surface area contributed by atoms with Crippen molar-refractivity contribution in [3.8, 4) is 11.1 Å². The first-order valence-corrected chi connectivity index (χ1v) is 6.45. The average molecular weight is 321 g/mol. The van der Waals surface area contributed by atoms with Gasteiger partial charge in [0, 0.05) is 30.3 Å². The van der Waals surface area contributed by atoms with Gasteiger partial charge in [-0.15, -0.1) is 0 Å². The summed E-state index contributed by atoms with van der Waals surface area (Å²) in [4.78, 5) is 17.4. The number of benzene rings is 1. The molecule has 0 spiro atoms. The van der Waals surface area contributed by atoms with Gasteiger partial charge in [-0.25, -0.2) is 9.78 Å². The van der Waals surface area contributed by atoms with E-state index in [2.05, 4.69) is 20.9 Å². The highest BCUT2D eigenvalue weighted by atomic mass is 79.9. The van der Waals surface area contributed by atoms with Crippen molar-refractivity contribution >= 4 is 27.7 Å². The number of pyridine rings is 1. The van der Waals surface area contributed by atoms with Crippen molar-refractivity contribution < 1.29 is 9.90 Å². The Morgan fingerprint density at radius 1 is 1.21 bits per heavy atom. The van der Waals surface area contributed by atoms with Crippen LogP contribution in [0.1, 0.15) is 10.4 Å². The van der Waals surface area contributed by atoms with E-state index >= 15 is 0 Å². The quantitative estimate of drug-likeness (QED) is 0.943. The summed E-state index contributed by atoms with van der Waals surface area (Å²) in [5, 5.41) is 9.44. The van der Waals surface area contributed by atoms with E-state index < -0.39 is 5.97 Å². The molecule has 2 aromatic rings. The van der Waals surface area contributed by atoms with E-state index in [1.807, 2.05) is 24.3 Å². The van der Waals surface area contributed by atoms with Gasteiger partial charge in [0.25, 0.3) is 0 Å². The minimum absolute atomic E-state index is 0.217. The molecule has 0 saturated heterocycles. The number of anilines is 1. The highest BCUT2D eigenvalue weighted by Crippen LogP contribution is 2.29. The lowest BCUT2D eigenvalue weighted by Crippen LogP contribution is -2.16. The zero-order chi connectivity index (χ0) is 14.0. The van der Waals surface area contributed by atoms with Gasteiger partial charge in [0.05, 0.1) is 0 Å². The van der Waals surface area contributed by atoms with Crippen LogP contribution in [-0.4, -0.2) is 30.2 Å². The second-order valence-corrected chi connectivity index (χ2v) is 5.18. The fraction of sp³-hybridized carbons (Fsp3) is 0.143. The third-order valence-electron chi connectivity index (χ3n) is 2.72. The largest absolute Gasteiger partial charge is 0.478 e. The third-order valence-corrected chi connectivity index (χ3v) is 3.25. The van der Waals surface area contributed by atoms with Crippen LogP contribution >= 0.6 is 15.9 Å². The molecule has 0 aliphatic carbocycles. The zero-order valence-corrected chi connectivity index (χ0v) is 12.2. The van der Waals surface area contributed by atoms with E-state index in [0.717, 1.165) is 10.0 Å². The molecule has 4 nitrogen and oxygen atoms in total. The first-order chi connectivity index (χ1) is 9.00. The molecular formula is C14H13BrN2O2. The second-order valence-electron chi connectivity index (χ2n) is 4.26. The minimum Gasteiger partial charge on any atom is -0.478 e. The predicted molar refractivity (Wildman–Crippen MR) is 78.7 cm³/mol. The number of rotatable bonds is 3. The van der Waals surface area contributed by atoms with E-state index in [9.17, 15) is 9.90 Å². The maximum atomic E-state index is 11.5. The maximum Gasteiger partial charge on any atom is 0.340 e. The summed E-state index contributed by atoms with van der Waals surface area (Å²) in [5.74, 6) is -0.525. The fourth-order valence-electron chi connectivity index (χ4n) is 1.87. The summed E-state index contributed by atoms with van der Waals surface area (Å²) >= 11 is 3.37. The van der Waals surface area contributed by atoms with E-state index in [1.54, 1.807) is 31.3 Å². The molecule has 0 saturated carbocycles. The topological polar surface area (TPSA) is 53.4 Å². The van der Waals surface area contributed by atoms with Crippen LogP contribution in [0.4, 0.5) is 5.82 Å². The van der Waals surface area contributed by atoms with Gasteiger partial charge < -0.3 is 10.0 Å². The molecule has 0 unspecified atom stereocenters. The van der Waals surface area contributed by atoms with Crippen molar-refractivity contribution in [1.82, 2.24) is 4.98 Å². The number of hydrogen-bond donors (Lipinski definition) is 1. The van der Waals surface area contributed by atoms with Gasteiger partial charge in [-0.1, -0.05) is 28.1 Å². The Bertz CT molecular complexity index is 609. The minimum atomic E-state index is -0.977. The SMILES string of the molecule is CN(C)c1nccc(-c2ccc(Br)cc2)c1C(=O)O. The number of carboxylic acids is 1. The molecule has 5 heteroatoms. The van der Waals surface area contributed by atoms with Gasteiger partial charge >= 0.3 is 5.97 Å². The summed E-state index contributed by atoms with van der Waals surface area (Å²) in [6.45, 7) is 0. The third kappa shape index (κ3) is 2.76. The highest BCUT2D eigenvalue weighted by molar-refractivity contribution is 9.10. The molecule has 0 aliphatic rings. The van der Waals surface area contributed by atoms with Crippen LogP contribution in [0, 0.1) is 0 Å². The van der Waals surface area contributed by atoms with Crippen molar-refractivity contribution in [2.45, 2.75) is 0 Å². The van der Waals surface area contributed by atoms with E-state index in [4.69, 9.17) is 0 Å². The number of hydrogen-bond acceptors (Lipinski definition) is 3. The highest BCUT2D eigenvalue weighted by Gasteiger charge is 2.19. The van der Waals surface area contributed by atoms with Gasteiger partial charge in [-0.3, -0.25) is 0 Å². The number of aromatic carboxylic acids is 1. The smallest absolute Gasteiger partial charge is 0.340 e. The monoisotopic (exact) mass is 320 g/mol. The molecular weight excluding hydrogens is 308 g/mol. The van der Waals surface area contributed by atoms with Crippen LogP contribution in [0.2, 0.25) is 0 Å². The van der Waals surface area contributed by atoms with Crippen LogP contribution in [-0.2, 0) is 0 Å². The molecule has 0 bridgehead atoms. The molecule has 98 valence electrons. The van der Waals surface area contributed by atoms with Gasteiger partial charge in [-0.05, 0) is 23.8 Å². The molecule has 1 heterocycles. The predicted octanol–water partition coefficient (Wildman–Crippen LogP) is 3.28. The number of carbonyl (C=O) groups is 1. The second kappa shape index (κ2) is 5.40. The molecule has 0 radical (unpaired) electrons. The van der Waals surface area contributed by atoms with Crippen molar-refractivity contribution in [2.75, 3.05) is 19.0 Å². The first-order valence-electron chi connectivity index (χ1n) is 5.66. The molecule has 1 aromatic heterocycles. The van der Waals surface area contributed by atoms with E-state index in [0.29, 0.717) is 11.4 Å². The zero-order valence-electron chi connectivity index (χ0n) is 10.6. The van der Waals surface area contributed by atoms with E-state index in [1.165, 1.54) is 0 Å². The normalized spacial score (nSPS) is 10.3. The number of aromatic nitrogens is 1. The van der Waals surface area contributed by atoms with Crippen LogP contribution < -0.4 is 4.90 Å². The van der Waals surface area contributed by atoms with Crippen molar-refractivity contribution in [2.24, 2.45) is 0 Å². The average Bonchev–Trinajstić information content (AvgIpc) is 2.38. The Balaban J connectivity index is 2.66. The molecule has 0 fully saturated rings. The van der Waals surface area contributed by atoms with Crippen LogP contribution in [0.3, 0.4) is 0 Å². The van der Waals surface area contributed by atoms with Gasteiger partial charge in [0.15, 0.2) is 0 Å². The van der Waals surface area contributed by atoms with E-state index in [-0.39, 0.29) is 5.56 Å². The van der Waals surface area contributed by atoms with Crippen molar-refractivity contribution in [3.05, 3.63) is 46.6 Å². The Morgan fingerprint density at radius 2 is 1.84 bits per heavy atom. The van der Waals surface area contributed by atoms with Crippen molar-refractivity contribution in [3.63, 3.8) is 0 Å². The molecule has 0 amide bonds. The fourth-order valence-corrected chi connectivity index (χ4v) is 2.14. The molecule has 1 N–H and O–H groups in total. The summed E-state index contributed by atoms with van der Waals surface area (Å²) in [7, 11) is 3.56. The lowest BCUT2D eigenvalue weighted by atomic mass is 10.0. The lowest BCUT2D eigenvalue weighted by Gasteiger charge is -2.16. The van der Waals surface area contributed by atoms with Crippen LogP contribution in [0.25, 0.3) is 11.1 Å². The lowest BCUT2D eigenvalue weighted by molar-refractivity contribution is 0.0698. The molecule has 19 heavy (non-hydrogen) atoms. The maximum absolute atomic E-state index is 11.5. The summed E-state index contributed by atoms with van der Waals surface area (Å²) < 4.78 is 0.954. The summed E-state index contributed by atoms with van der Waals surface area (Å²) in [6.07, 6.45) is 1.62. The Kier molecular flexibility index (Phi) is 3.85. The molecule has 2 rings (SSSR count). The van der Waals surface area contributed by atoms with Crippen LogP contribution in [0.15, 0.2) is 41.0 Å². The molecule has 1 aromatic carbocycles. The van der Waals surface area contributed by atoms with Gasteiger partial charge in [-0.2, -0.15) is 0 Å². The first kappa shape index (κ1) is 13.5. The van der Waals surface area contributed by atoms with Crippen molar-refractivity contribution in [1.29, 1.82) is 0 Å². The standard InChI is InChI=1S/C14H13BrN2O2/c1-17(2)13-12(14(18)19)11(7-8-16-13)9-3-5-10(15)6-4-9/h3-8H,1-2H3,(H,18,19). The molecule has 0 aliphatic heterocycles. The van der Waals surface area contributed by atoms with Gasteiger partial charge in [0.1, 0.15) is 11.4 Å². The molecule has 0 atom stereocenters. The van der Waals surface area contributed by atoms with Gasteiger partial charge in [0.2, 0.25) is 0 Å². The Morgan fingerprint density at radius 3 is 2.37 bits per heavy atom. The van der Waals surface area contributed by atoms with Crippen LogP contribution in [0.5, 0.6) is 0 Å². The summed E-state index contributed by atoms with van der Waals surface area (Å²) in [6, 6.07) is 9.25. The number of halogens is 1. The Hall–Kier alpha value is -1.88. The Labute approximate surface area is 119 Å².